The van der Waals surface area contributed by atoms with Crippen LogP contribution in [0, 0.1) is 0 Å². The number of sulfonamides is 1. The average molecular weight is 327 g/mol. The zero-order valence-corrected chi connectivity index (χ0v) is 14.1. The van der Waals surface area contributed by atoms with Gasteiger partial charge in [0.05, 0.1) is 0 Å². The molecule has 2 aromatic heterocycles. The molecule has 0 aliphatic rings. The van der Waals surface area contributed by atoms with Gasteiger partial charge in [0.2, 0.25) is 10.0 Å². The van der Waals surface area contributed by atoms with Crippen molar-refractivity contribution in [2.45, 2.75) is 37.9 Å². The summed E-state index contributed by atoms with van der Waals surface area (Å²) >= 11 is 1.56. The minimum absolute atomic E-state index is 0.112. The minimum atomic E-state index is -3.52. The molecule has 7 heteroatoms. The zero-order valence-electron chi connectivity index (χ0n) is 12.5. The molecule has 0 bridgehead atoms. The topological polar surface area (TPSA) is 68.3 Å². The summed E-state index contributed by atoms with van der Waals surface area (Å²) in [5.41, 5.74) is 6.42. The summed E-state index contributed by atoms with van der Waals surface area (Å²) in [7, 11) is -1.72. The molecule has 2 aromatic rings. The van der Waals surface area contributed by atoms with E-state index in [1.165, 1.54) is 4.31 Å². The number of aromatic nitrogens is 1. The molecule has 0 atom stereocenters. The Morgan fingerprint density at radius 2 is 2.14 bits per heavy atom. The highest BCUT2D eigenvalue weighted by molar-refractivity contribution is 7.89. The van der Waals surface area contributed by atoms with Crippen molar-refractivity contribution < 1.29 is 8.42 Å². The summed E-state index contributed by atoms with van der Waals surface area (Å²) < 4.78 is 29.0. The van der Waals surface area contributed by atoms with E-state index in [2.05, 4.69) is 0 Å². The second-order valence-electron chi connectivity index (χ2n) is 5.21. The van der Waals surface area contributed by atoms with Gasteiger partial charge < -0.3 is 10.3 Å². The first-order valence-electron chi connectivity index (χ1n) is 6.75. The lowest BCUT2D eigenvalue weighted by Crippen LogP contribution is -2.36. The Hall–Kier alpha value is -1.15. The van der Waals surface area contributed by atoms with Crippen LogP contribution in [-0.4, -0.2) is 23.3 Å². The number of nitrogens with zero attached hydrogens (tertiary/aromatic N) is 2. The number of thiophene rings is 1. The fourth-order valence-corrected chi connectivity index (χ4v) is 4.65. The van der Waals surface area contributed by atoms with E-state index in [0.29, 0.717) is 18.0 Å². The molecular weight excluding hydrogens is 306 g/mol. The van der Waals surface area contributed by atoms with Gasteiger partial charge in [-0.25, -0.2) is 8.42 Å². The molecule has 0 amide bonds. The van der Waals surface area contributed by atoms with Gasteiger partial charge in [-0.2, -0.15) is 4.31 Å². The minimum Gasteiger partial charge on any atom is -0.352 e. The molecule has 0 saturated carbocycles. The number of hydrogen-bond donors (Lipinski definition) is 1. The standard InChI is InChI=1S/C14H21N3O2S2/c1-11(2)17(9-13-5-4-6-20-13)21(18,19)14-7-12(8-15)16(3)10-14/h4-7,10-11H,8-9,15H2,1-3H3. The molecule has 0 fully saturated rings. The second-order valence-corrected chi connectivity index (χ2v) is 8.13. The summed E-state index contributed by atoms with van der Waals surface area (Å²) in [6.07, 6.45) is 1.63. The number of hydrogen-bond acceptors (Lipinski definition) is 4. The first-order chi connectivity index (χ1) is 9.86. The molecule has 21 heavy (non-hydrogen) atoms. The zero-order chi connectivity index (χ0) is 15.6. The molecule has 0 radical (unpaired) electrons. The summed E-state index contributed by atoms with van der Waals surface area (Å²) in [5, 5.41) is 1.95. The molecule has 5 nitrogen and oxygen atoms in total. The van der Waals surface area contributed by atoms with Crippen molar-refractivity contribution >= 4 is 21.4 Å². The SMILES string of the molecule is CC(C)N(Cc1cccs1)S(=O)(=O)c1cc(CN)n(C)c1. The molecule has 0 unspecified atom stereocenters. The predicted octanol–water partition coefficient (Wildman–Crippen LogP) is 2.14. The second kappa shape index (κ2) is 6.31. The van der Waals surface area contributed by atoms with Crippen LogP contribution in [0.25, 0.3) is 0 Å². The molecule has 0 spiro atoms. The molecular formula is C14H21N3O2S2. The van der Waals surface area contributed by atoms with Crippen LogP contribution in [-0.2, 0) is 30.2 Å². The largest absolute Gasteiger partial charge is 0.352 e. The van der Waals surface area contributed by atoms with Crippen LogP contribution in [0.3, 0.4) is 0 Å². The van der Waals surface area contributed by atoms with E-state index in [1.54, 1.807) is 35.2 Å². The van der Waals surface area contributed by atoms with Gasteiger partial charge in [0.25, 0.3) is 0 Å². The lowest BCUT2D eigenvalue weighted by Gasteiger charge is -2.24. The van der Waals surface area contributed by atoms with E-state index in [4.69, 9.17) is 5.73 Å². The third-order valence-electron chi connectivity index (χ3n) is 3.37. The van der Waals surface area contributed by atoms with E-state index in [0.717, 1.165) is 10.6 Å². The molecule has 0 saturated heterocycles. The lowest BCUT2D eigenvalue weighted by atomic mass is 10.4. The van der Waals surface area contributed by atoms with Crippen LogP contribution in [0.5, 0.6) is 0 Å². The number of nitrogens with two attached hydrogens (primary N) is 1. The van der Waals surface area contributed by atoms with Crippen molar-refractivity contribution in [1.29, 1.82) is 0 Å². The van der Waals surface area contributed by atoms with E-state index >= 15 is 0 Å². The van der Waals surface area contributed by atoms with E-state index in [-0.39, 0.29) is 6.04 Å². The fraction of sp³-hybridized carbons (Fsp3) is 0.429. The van der Waals surface area contributed by atoms with Gasteiger partial charge >= 0.3 is 0 Å². The van der Waals surface area contributed by atoms with Gasteiger partial charge in [-0.05, 0) is 31.4 Å². The third-order valence-corrected chi connectivity index (χ3v) is 6.21. The summed E-state index contributed by atoms with van der Waals surface area (Å²) in [6.45, 7) is 4.49. The van der Waals surface area contributed by atoms with E-state index in [9.17, 15) is 8.42 Å². The summed E-state index contributed by atoms with van der Waals surface area (Å²) in [4.78, 5) is 1.33. The summed E-state index contributed by atoms with van der Waals surface area (Å²) in [5.74, 6) is 0. The summed E-state index contributed by atoms with van der Waals surface area (Å²) in [6, 6.07) is 5.42. The van der Waals surface area contributed by atoms with E-state index in [1.807, 2.05) is 31.4 Å². The smallest absolute Gasteiger partial charge is 0.245 e. The molecule has 0 aliphatic heterocycles. The highest BCUT2D eigenvalue weighted by Gasteiger charge is 2.28. The monoisotopic (exact) mass is 327 g/mol. The van der Waals surface area contributed by atoms with Crippen LogP contribution in [0.1, 0.15) is 24.4 Å². The van der Waals surface area contributed by atoms with Crippen LogP contribution < -0.4 is 5.73 Å². The van der Waals surface area contributed by atoms with Gasteiger partial charge in [0.15, 0.2) is 0 Å². The maximum absolute atomic E-state index is 12.9. The number of aryl methyl sites for hydroxylation is 1. The van der Waals surface area contributed by atoms with Crippen molar-refractivity contribution in [1.82, 2.24) is 8.87 Å². The van der Waals surface area contributed by atoms with Gasteiger partial charge in [0, 0.05) is 42.9 Å². The van der Waals surface area contributed by atoms with Crippen molar-refractivity contribution in [2.75, 3.05) is 0 Å². The van der Waals surface area contributed by atoms with Crippen molar-refractivity contribution in [3.63, 3.8) is 0 Å². The van der Waals surface area contributed by atoms with Crippen LogP contribution in [0.2, 0.25) is 0 Å². The normalized spacial score (nSPS) is 12.5. The van der Waals surface area contributed by atoms with Gasteiger partial charge in [0.1, 0.15) is 4.90 Å². The average Bonchev–Trinajstić information content (AvgIpc) is 3.04. The van der Waals surface area contributed by atoms with Crippen molar-refractivity contribution in [2.24, 2.45) is 12.8 Å². The molecule has 0 aromatic carbocycles. The number of rotatable bonds is 6. The molecule has 2 N–H and O–H groups in total. The third kappa shape index (κ3) is 3.37. The molecule has 2 rings (SSSR count). The Balaban J connectivity index is 2.37. The van der Waals surface area contributed by atoms with Gasteiger partial charge in [-0.1, -0.05) is 6.07 Å². The molecule has 2 heterocycles. The van der Waals surface area contributed by atoms with Crippen LogP contribution in [0.15, 0.2) is 34.7 Å². The highest BCUT2D eigenvalue weighted by Crippen LogP contribution is 2.24. The lowest BCUT2D eigenvalue weighted by molar-refractivity contribution is 0.350. The highest BCUT2D eigenvalue weighted by atomic mass is 32.2. The van der Waals surface area contributed by atoms with E-state index < -0.39 is 10.0 Å². The molecule has 0 aliphatic carbocycles. The Morgan fingerprint density at radius 3 is 2.62 bits per heavy atom. The van der Waals surface area contributed by atoms with Gasteiger partial charge in [-0.3, -0.25) is 0 Å². The first-order valence-corrected chi connectivity index (χ1v) is 9.07. The Kier molecular flexibility index (Phi) is 4.88. The Bertz CT molecular complexity index is 688. The maximum atomic E-state index is 12.9. The predicted molar refractivity (Wildman–Crippen MR) is 85.5 cm³/mol. The Labute approximate surface area is 130 Å². The molecule has 116 valence electrons. The fourth-order valence-electron chi connectivity index (χ4n) is 2.16. The maximum Gasteiger partial charge on any atom is 0.245 e. The van der Waals surface area contributed by atoms with Crippen molar-refractivity contribution in [3.8, 4) is 0 Å². The quantitative estimate of drug-likeness (QED) is 0.884. The van der Waals surface area contributed by atoms with Crippen molar-refractivity contribution in [3.05, 3.63) is 40.3 Å². The van der Waals surface area contributed by atoms with Crippen LogP contribution in [0.4, 0.5) is 0 Å². The van der Waals surface area contributed by atoms with Gasteiger partial charge in [-0.15, -0.1) is 11.3 Å². The van der Waals surface area contributed by atoms with Crippen LogP contribution >= 0.6 is 11.3 Å². The first kappa shape index (κ1) is 16.2. The Morgan fingerprint density at radius 1 is 1.43 bits per heavy atom.